The summed E-state index contributed by atoms with van der Waals surface area (Å²) in [4.78, 5) is 23.1. The van der Waals surface area contributed by atoms with Crippen LogP contribution in [0, 0.1) is 8.99 Å². The van der Waals surface area contributed by atoms with Crippen LogP contribution in [0.5, 0.6) is 0 Å². The Bertz CT molecular complexity index is 524. The number of carbonyl (C=O) groups excluding carboxylic acids is 1. The first-order chi connectivity index (χ1) is 9.11. The molecule has 1 unspecified atom stereocenters. The van der Waals surface area contributed by atoms with Crippen LogP contribution in [0.1, 0.15) is 37.6 Å². The maximum Gasteiger partial charge on any atom is 0.337 e. The average Bonchev–Trinajstić information content (AvgIpc) is 2.29. The molecule has 1 aromatic rings. The number of halogens is 1. The smallest absolute Gasteiger partial charge is 0.337 e. The van der Waals surface area contributed by atoms with Crippen LogP contribution in [0.4, 0.5) is 5.69 Å². The summed E-state index contributed by atoms with van der Waals surface area (Å²) < 4.78 is 0.796. The van der Waals surface area contributed by atoms with Crippen molar-refractivity contribution in [1.82, 2.24) is 0 Å². The fourth-order valence-corrected chi connectivity index (χ4v) is 2.00. The number of rotatable bonds is 4. The number of hydrogen-bond donors (Lipinski definition) is 3. The minimum Gasteiger partial charge on any atom is -0.478 e. The van der Waals surface area contributed by atoms with Gasteiger partial charge in [0.05, 0.1) is 11.3 Å². The molecule has 1 amide bonds. The number of amides is 1. The molecule has 0 saturated heterocycles. The molecule has 110 valence electrons. The van der Waals surface area contributed by atoms with Crippen LogP contribution >= 0.6 is 22.6 Å². The van der Waals surface area contributed by atoms with E-state index < -0.39 is 5.97 Å². The van der Waals surface area contributed by atoms with Gasteiger partial charge < -0.3 is 16.2 Å². The van der Waals surface area contributed by atoms with Gasteiger partial charge >= 0.3 is 5.97 Å². The van der Waals surface area contributed by atoms with Crippen molar-refractivity contribution in [2.24, 2.45) is 11.1 Å². The Morgan fingerprint density at radius 3 is 2.50 bits per heavy atom. The van der Waals surface area contributed by atoms with Crippen LogP contribution in [-0.4, -0.2) is 23.0 Å². The number of nitrogens with one attached hydrogen (secondary N) is 1. The van der Waals surface area contributed by atoms with Crippen LogP contribution < -0.4 is 11.1 Å². The SMILES string of the molecule is CC(C)(C)C(N)CC(=O)Nc1ccc(I)cc1C(=O)O. The Morgan fingerprint density at radius 2 is 2.00 bits per heavy atom. The number of aromatic carboxylic acids is 1. The third-order valence-corrected chi connectivity index (χ3v) is 3.67. The van der Waals surface area contributed by atoms with Gasteiger partial charge in [-0.25, -0.2) is 4.79 Å². The van der Waals surface area contributed by atoms with E-state index in [1.807, 2.05) is 43.4 Å². The molecule has 4 N–H and O–H groups in total. The van der Waals surface area contributed by atoms with E-state index in [-0.39, 0.29) is 29.3 Å². The summed E-state index contributed by atoms with van der Waals surface area (Å²) in [6.07, 6.45) is 0.147. The van der Waals surface area contributed by atoms with Crippen molar-refractivity contribution in [3.63, 3.8) is 0 Å². The van der Waals surface area contributed by atoms with Gasteiger partial charge in [-0.3, -0.25) is 4.79 Å². The number of hydrogen-bond acceptors (Lipinski definition) is 3. The van der Waals surface area contributed by atoms with E-state index in [4.69, 9.17) is 10.8 Å². The number of nitrogens with two attached hydrogens (primary N) is 1. The second-order valence-electron chi connectivity index (χ2n) is 5.72. The molecule has 0 radical (unpaired) electrons. The van der Waals surface area contributed by atoms with Gasteiger partial charge in [-0.2, -0.15) is 0 Å². The van der Waals surface area contributed by atoms with Gasteiger partial charge in [0.25, 0.3) is 0 Å². The second-order valence-corrected chi connectivity index (χ2v) is 6.97. The summed E-state index contributed by atoms with van der Waals surface area (Å²) in [6, 6.07) is 4.56. The summed E-state index contributed by atoms with van der Waals surface area (Å²) in [5, 5.41) is 11.8. The standard InChI is InChI=1S/C14H19IN2O3/c1-14(2,3)11(16)7-12(18)17-10-5-4-8(15)6-9(10)13(19)20/h4-6,11H,7,16H2,1-3H3,(H,17,18)(H,19,20). The van der Waals surface area contributed by atoms with E-state index in [2.05, 4.69) is 5.32 Å². The minimum absolute atomic E-state index is 0.0783. The van der Waals surface area contributed by atoms with Crippen molar-refractivity contribution < 1.29 is 14.7 Å². The summed E-state index contributed by atoms with van der Waals surface area (Å²) in [5.74, 6) is -1.35. The van der Waals surface area contributed by atoms with Gasteiger partial charge in [-0.1, -0.05) is 20.8 Å². The molecule has 0 aliphatic rings. The van der Waals surface area contributed by atoms with Crippen LogP contribution in [0.2, 0.25) is 0 Å². The maximum absolute atomic E-state index is 11.9. The molecule has 1 atom stereocenters. The molecule has 1 aromatic carbocycles. The van der Waals surface area contributed by atoms with Gasteiger partial charge in [0, 0.05) is 16.0 Å². The van der Waals surface area contributed by atoms with Crippen LogP contribution in [0.15, 0.2) is 18.2 Å². The molecule has 0 fully saturated rings. The van der Waals surface area contributed by atoms with Crippen molar-refractivity contribution in [3.8, 4) is 0 Å². The quantitative estimate of drug-likeness (QED) is 0.690. The van der Waals surface area contributed by atoms with Crippen LogP contribution in [0.3, 0.4) is 0 Å². The highest BCUT2D eigenvalue weighted by Crippen LogP contribution is 2.22. The molecule has 20 heavy (non-hydrogen) atoms. The first-order valence-electron chi connectivity index (χ1n) is 6.19. The third kappa shape index (κ3) is 4.75. The van der Waals surface area contributed by atoms with E-state index in [0.29, 0.717) is 5.69 Å². The lowest BCUT2D eigenvalue weighted by molar-refractivity contribution is -0.117. The average molecular weight is 390 g/mol. The normalized spacial score (nSPS) is 12.8. The zero-order chi connectivity index (χ0) is 15.5. The van der Waals surface area contributed by atoms with Gasteiger partial charge in [-0.05, 0) is 46.2 Å². The lowest BCUT2D eigenvalue weighted by Gasteiger charge is -2.26. The summed E-state index contributed by atoms with van der Waals surface area (Å²) in [6.45, 7) is 5.87. The van der Waals surface area contributed by atoms with Gasteiger partial charge in [-0.15, -0.1) is 0 Å². The van der Waals surface area contributed by atoms with E-state index in [9.17, 15) is 9.59 Å². The van der Waals surface area contributed by atoms with Crippen molar-refractivity contribution in [3.05, 3.63) is 27.3 Å². The summed E-state index contributed by atoms with van der Waals surface area (Å²) >= 11 is 2.02. The predicted octanol–water partition coefficient (Wildman–Crippen LogP) is 2.69. The molecule has 0 bridgehead atoms. The monoisotopic (exact) mass is 390 g/mol. The number of carboxylic acids is 1. The highest BCUT2D eigenvalue weighted by atomic mass is 127. The number of anilines is 1. The fourth-order valence-electron chi connectivity index (χ4n) is 1.51. The lowest BCUT2D eigenvalue weighted by atomic mass is 9.85. The highest BCUT2D eigenvalue weighted by Gasteiger charge is 2.23. The summed E-state index contributed by atoms with van der Waals surface area (Å²) in [5.41, 5.74) is 6.14. The molecule has 5 nitrogen and oxygen atoms in total. The fraction of sp³-hybridized carbons (Fsp3) is 0.429. The van der Waals surface area contributed by atoms with E-state index in [1.165, 1.54) is 6.07 Å². The summed E-state index contributed by atoms with van der Waals surface area (Å²) in [7, 11) is 0. The first-order valence-corrected chi connectivity index (χ1v) is 7.27. The Morgan fingerprint density at radius 1 is 1.40 bits per heavy atom. The lowest BCUT2D eigenvalue weighted by Crippen LogP contribution is -2.38. The van der Waals surface area contributed by atoms with E-state index in [1.54, 1.807) is 12.1 Å². The minimum atomic E-state index is -1.07. The van der Waals surface area contributed by atoms with Gasteiger partial charge in [0.2, 0.25) is 5.91 Å². The molecule has 1 rings (SSSR count). The molecule has 0 saturated carbocycles. The molecular formula is C14H19IN2O3. The predicted molar refractivity (Wildman–Crippen MR) is 86.8 cm³/mol. The Labute approximate surface area is 132 Å². The third-order valence-electron chi connectivity index (χ3n) is 3.00. The second kappa shape index (κ2) is 6.53. The Balaban J connectivity index is 2.84. The van der Waals surface area contributed by atoms with E-state index >= 15 is 0 Å². The number of benzene rings is 1. The van der Waals surface area contributed by atoms with Crippen molar-refractivity contribution in [2.75, 3.05) is 5.32 Å². The maximum atomic E-state index is 11.9. The molecule has 6 heteroatoms. The van der Waals surface area contributed by atoms with Crippen molar-refractivity contribution >= 4 is 40.2 Å². The molecular weight excluding hydrogens is 371 g/mol. The highest BCUT2D eigenvalue weighted by molar-refractivity contribution is 14.1. The topological polar surface area (TPSA) is 92.4 Å². The zero-order valence-electron chi connectivity index (χ0n) is 11.7. The van der Waals surface area contributed by atoms with Gasteiger partial charge in [0.15, 0.2) is 0 Å². The zero-order valence-corrected chi connectivity index (χ0v) is 13.9. The number of carbonyl (C=O) groups is 2. The van der Waals surface area contributed by atoms with Gasteiger partial charge in [0.1, 0.15) is 0 Å². The van der Waals surface area contributed by atoms with E-state index in [0.717, 1.165) is 3.57 Å². The number of carboxylic acid groups (broad SMARTS) is 1. The molecule has 0 spiro atoms. The molecule has 0 heterocycles. The van der Waals surface area contributed by atoms with Crippen molar-refractivity contribution in [2.45, 2.75) is 33.2 Å². The largest absolute Gasteiger partial charge is 0.478 e. The molecule has 0 aromatic heterocycles. The Kier molecular flexibility index (Phi) is 5.52. The van der Waals surface area contributed by atoms with Crippen molar-refractivity contribution in [1.29, 1.82) is 0 Å². The Hall–Kier alpha value is -1.15. The van der Waals surface area contributed by atoms with Crippen LogP contribution in [-0.2, 0) is 4.79 Å². The molecule has 0 aliphatic heterocycles. The van der Waals surface area contributed by atoms with Crippen LogP contribution in [0.25, 0.3) is 0 Å². The first kappa shape index (κ1) is 16.9. The molecule has 0 aliphatic carbocycles.